The molecule has 2 heterocycles. The maximum Gasteiger partial charge on any atom is 0.192 e. The predicted octanol–water partition coefficient (Wildman–Crippen LogP) is 6.85. The lowest BCUT2D eigenvalue weighted by molar-refractivity contribution is -0.359. The van der Waals surface area contributed by atoms with E-state index in [9.17, 15) is 0 Å². The third kappa shape index (κ3) is 8.71. The molecular weight excluding hydrogens is 536 g/mol. The minimum Gasteiger partial charge on any atom is -0.408 e. The number of rotatable bonds is 11. The van der Waals surface area contributed by atoms with Crippen LogP contribution in [0.15, 0.2) is 60.7 Å². The van der Waals surface area contributed by atoms with Crippen LogP contribution in [0.1, 0.15) is 59.6 Å². The van der Waals surface area contributed by atoms with Gasteiger partial charge in [-0.25, -0.2) is 0 Å². The molecule has 0 spiro atoms. The molecule has 7 nitrogen and oxygen atoms in total. The van der Waals surface area contributed by atoms with E-state index in [-0.39, 0.29) is 11.1 Å². The average molecular weight is 587 g/mol. The maximum atomic E-state index is 7.16. The second-order valence-electron chi connectivity index (χ2n) is 13.6. The Morgan fingerprint density at radius 2 is 1.41 bits per heavy atom. The lowest BCUT2D eigenvalue weighted by Crippen LogP contribution is -2.66. The summed E-state index contributed by atoms with van der Waals surface area (Å²) in [5.41, 5.74) is 2.19. The van der Waals surface area contributed by atoms with Gasteiger partial charge in [-0.1, -0.05) is 81.4 Å². The van der Waals surface area contributed by atoms with Crippen LogP contribution in [0.3, 0.4) is 0 Å². The summed E-state index contributed by atoms with van der Waals surface area (Å²) >= 11 is 0. The highest BCUT2D eigenvalue weighted by Crippen LogP contribution is 2.43. The zero-order chi connectivity index (χ0) is 29.9. The number of benzene rings is 2. The van der Waals surface area contributed by atoms with E-state index in [4.69, 9.17) is 32.8 Å². The van der Waals surface area contributed by atoms with Crippen molar-refractivity contribution in [2.24, 2.45) is 0 Å². The zero-order valence-corrected chi connectivity index (χ0v) is 27.3. The molecule has 5 atom stereocenters. The van der Waals surface area contributed by atoms with Crippen LogP contribution in [0.5, 0.6) is 0 Å². The van der Waals surface area contributed by atoms with Crippen LogP contribution < -0.4 is 0 Å². The van der Waals surface area contributed by atoms with Crippen molar-refractivity contribution in [3.63, 3.8) is 0 Å². The van der Waals surface area contributed by atoms with Gasteiger partial charge in [0.05, 0.1) is 26.4 Å². The Hall–Kier alpha value is -1.62. The van der Waals surface area contributed by atoms with E-state index < -0.39 is 44.3 Å². The van der Waals surface area contributed by atoms with E-state index in [0.29, 0.717) is 26.4 Å². The first-order valence-corrected chi connectivity index (χ1v) is 17.7. The highest BCUT2D eigenvalue weighted by molar-refractivity contribution is 6.74. The van der Waals surface area contributed by atoms with Crippen molar-refractivity contribution < 1.29 is 32.8 Å². The second kappa shape index (κ2) is 12.9. The summed E-state index contributed by atoms with van der Waals surface area (Å²) in [6.45, 7) is 20.6. The standard InChI is InChI=1S/C33H50O7Si/c1-31(2,3)41(8,9)40-30-28(38-33(6,7)39-29(30)27-23-36-32(4,5)37-27)26(35-21-25-18-14-11-15-19-25)22-34-20-24-16-12-10-13-17-24/h10-19,26-30H,20-23H2,1-9H3/t26-,27-,28-,29+,30+/m0/s1. The van der Waals surface area contributed by atoms with Gasteiger partial charge in [-0.05, 0) is 57.0 Å². The van der Waals surface area contributed by atoms with Gasteiger partial charge in [0.1, 0.15) is 30.5 Å². The molecule has 0 aliphatic carbocycles. The second-order valence-corrected chi connectivity index (χ2v) is 18.4. The summed E-state index contributed by atoms with van der Waals surface area (Å²) < 4.78 is 45.8. The Balaban J connectivity index is 1.66. The van der Waals surface area contributed by atoms with Gasteiger partial charge in [-0.2, -0.15) is 0 Å². The smallest absolute Gasteiger partial charge is 0.192 e. The van der Waals surface area contributed by atoms with Gasteiger partial charge in [-0.15, -0.1) is 0 Å². The molecule has 2 fully saturated rings. The molecule has 2 aromatic rings. The maximum absolute atomic E-state index is 7.16. The molecule has 2 aromatic carbocycles. The van der Waals surface area contributed by atoms with E-state index >= 15 is 0 Å². The van der Waals surface area contributed by atoms with Crippen molar-refractivity contribution in [3.8, 4) is 0 Å². The minimum absolute atomic E-state index is 0.0223. The summed E-state index contributed by atoms with van der Waals surface area (Å²) in [5, 5.41) is -0.0223. The van der Waals surface area contributed by atoms with Crippen molar-refractivity contribution in [3.05, 3.63) is 71.8 Å². The van der Waals surface area contributed by atoms with Gasteiger partial charge in [0.2, 0.25) is 0 Å². The minimum atomic E-state index is -2.28. The van der Waals surface area contributed by atoms with E-state index in [1.165, 1.54) is 0 Å². The fourth-order valence-electron chi connectivity index (χ4n) is 4.99. The lowest BCUT2D eigenvalue weighted by Gasteiger charge is -2.52. The van der Waals surface area contributed by atoms with Crippen LogP contribution in [0.4, 0.5) is 0 Å². The Labute approximate surface area is 247 Å². The SMILES string of the molecule is CC1(C)O[C@@H]([C@H](COCc2ccccc2)OCc2ccccc2)[C@@H](O[Si](C)(C)C(C)(C)C)[C@@H]([C@@H]2COC(C)(C)O2)O1. The number of hydrogen-bond donors (Lipinski definition) is 0. The zero-order valence-electron chi connectivity index (χ0n) is 26.3. The Kier molecular flexibility index (Phi) is 10.2. The first-order chi connectivity index (χ1) is 19.2. The molecule has 2 aliphatic rings. The molecule has 41 heavy (non-hydrogen) atoms. The molecule has 0 N–H and O–H groups in total. The molecule has 8 heteroatoms. The van der Waals surface area contributed by atoms with Gasteiger partial charge >= 0.3 is 0 Å². The van der Waals surface area contributed by atoms with Crippen LogP contribution >= 0.6 is 0 Å². The van der Waals surface area contributed by atoms with Gasteiger partial charge in [0.15, 0.2) is 19.9 Å². The Morgan fingerprint density at radius 3 is 1.95 bits per heavy atom. The molecule has 0 amide bonds. The van der Waals surface area contributed by atoms with E-state index in [1.54, 1.807) is 0 Å². The van der Waals surface area contributed by atoms with Crippen molar-refractivity contribution in [1.29, 1.82) is 0 Å². The molecule has 0 unspecified atom stereocenters. The molecule has 0 saturated carbocycles. The molecule has 228 valence electrons. The molecule has 0 radical (unpaired) electrons. The summed E-state index contributed by atoms with van der Waals surface area (Å²) in [5.74, 6) is -1.60. The number of hydrogen-bond acceptors (Lipinski definition) is 7. The summed E-state index contributed by atoms with van der Waals surface area (Å²) in [6.07, 6.45) is -2.08. The van der Waals surface area contributed by atoms with E-state index in [0.717, 1.165) is 11.1 Å². The normalized spacial score (nSPS) is 27.0. The summed E-state index contributed by atoms with van der Waals surface area (Å²) in [7, 11) is -2.28. The van der Waals surface area contributed by atoms with Crippen molar-refractivity contribution in [2.45, 2.75) is 122 Å². The summed E-state index contributed by atoms with van der Waals surface area (Å²) in [4.78, 5) is 0. The third-order valence-corrected chi connectivity index (χ3v) is 12.7. The van der Waals surface area contributed by atoms with Gasteiger partial charge in [0.25, 0.3) is 0 Å². The van der Waals surface area contributed by atoms with Crippen LogP contribution in [-0.4, -0.2) is 63.6 Å². The first kappa shape index (κ1) is 32.3. The molecule has 2 saturated heterocycles. The highest BCUT2D eigenvalue weighted by atomic mass is 28.4. The van der Waals surface area contributed by atoms with E-state index in [1.807, 2.05) is 64.1 Å². The molecule has 2 aliphatic heterocycles. The first-order valence-electron chi connectivity index (χ1n) is 14.8. The lowest BCUT2D eigenvalue weighted by atomic mass is 9.96. The van der Waals surface area contributed by atoms with Crippen molar-refractivity contribution in [2.75, 3.05) is 13.2 Å². The highest BCUT2D eigenvalue weighted by Gasteiger charge is 2.55. The van der Waals surface area contributed by atoms with Crippen molar-refractivity contribution >= 4 is 8.32 Å². The average Bonchev–Trinajstić information content (AvgIpc) is 3.26. The quantitative estimate of drug-likeness (QED) is 0.267. The molecule has 4 rings (SSSR count). The third-order valence-electron chi connectivity index (χ3n) is 8.19. The molecule has 0 aromatic heterocycles. The monoisotopic (exact) mass is 586 g/mol. The number of ether oxygens (including phenoxy) is 6. The largest absolute Gasteiger partial charge is 0.408 e. The van der Waals surface area contributed by atoms with Crippen LogP contribution in [0, 0.1) is 0 Å². The van der Waals surface area contributed by atoms with Gasteiger partial charge in [0, 0.05) is 0 Å². The van der Waals surface area contributed by atoms with Crippen LogP contribution in [0.2, 0.25) is 18.1 Å². The Bertz CT molecular complexity index is 1080. The predicted molar refractivity (Wildman–Crippen MR) is 162 cm³/mol. The Morgan fingerprint density at radius 1 is 0.829 bits per heavy atom. The topological polar surface area (TPSA) is 64.6 Å². The molecule has 0 bridgehead atoms. The molecular formula is C33H50O7Si. The fraction of sp³-hybridized carbons (Fsp3) is 0.636. The van der Waals surface area contributed by atoms with Gasteiger partial charge < -0.3 is 32.8 Å². The van der Waals surface area contributed by atoms with Crippen LogP contribution in [0.25, 0.3) is 0 Å². The summed E-state index contributed by atoms with van der Waals surface area (Å²) in [6, 6.07) is 20.3. The van der Waals surface area contributed by atoms with Crippen LogP contribution in [-0.2, 0) is 46.1 Å². The van der Waals surface area contributed by atoms with Gasteiger partial charge in [-0.3, -0.25) is 0 Å². The fourth-order valence-corrected chi connectivity index (χ4v) is 6.29. The van der Waals surface area contributed by atoms with Crippen molar-refractivity contribution in [1.82, 2.24) is 0 Å². The van der Waals surface area contributed by atoms with E-state index in [2.05, 4.69) is 58.1 Å².